The number of aromatic nitrogens is 3. The Bertz CT molecular complexity index is 989. The van der Waals surface area contributed by atoms with E-state index in [1.807, 2.05) is 12.1 Å². The van der Waals surface area contributed by atoms with Gasteiger partial charge in [-0.3, -0.25) is 14.5 Å². The zero-order valence-corrected chi connectivity index (χ0v) is 17.3. The highest BCUT2D eigenvalue weighted by Crippen LogP contribution is 2.37. The van der Waals surface area contributed by atoms with Crippen molar-refractivity contribution >= 4 is 22.5 Å². The van der Waals surface area contributed by atoms with Crippen molar-refractivity contribution in [3.8, 4) is 5.75 Å². The Kier molecular flexibility index (Phi) is 5.51. The third-order valence-corrected chi connectivity index (χ3v) is 6.05. The molecular weight excluding hydrogens is 364 g/mol. The van der Waals surface area contributed by atoms with Crippen molar-refractivity contribution in [3.05, 3.63) is 48.4 Å². The maximum Gasteiger partial charge on any atom is 0.274 e. The van der Waals surface area contributed by atoms with E-state index in [4.69, 9.17) is 9.84 Å². The third kappa shape index (κ3) is 4.11. The molecule has 6 heteroatoms. The van der Waals surface area contributed by atoms with E-state index >= 15 is 0 Å². The molecule has 1 fully saturated rings. The number of methoxy groups -OCH3 is 1. The molecular formula is C23H28N4O2. The van der Waals surface area contributed by atoms with Crippen molar-refractivity contribution in [2.75, 3.05) is 12.4 Å². The topological polar surface area (TPSA) is 69.0 Å². The highest BCUT2D eigenvalue weighted by atomic mass is 16.5. The van der Waals surface area contributed by atoms with Crippen LogP contribution in [0.15, 0.2) is 42.7 Å². The first-order valence-electron chi connectivity index (χ1n) is 10.3. The van der Waals surface area contributed by atoms with Crippen LogP contribution in [0.1, 0.15) is 56.1 Å². The van der Waals surface area contributed by atoms with Gasteiger partial charge in [-0.05, 0) is 55.7 Å². The summed E-state index contributed by atoms with van der Waals surface area (Å²) < 4.78 is 7.60. The number of nitrogens with one attached hydrogen (secondary N) is 1. The molecule has 0 aliphatic heterocycles. The fourth-order valence-electron chi connectivity index (χ4n) is 4.24. The largest absolute Gasteiger partial charge is 0.494 e. The average Bonchev–Trinajstić information content (AvgIpc) is 3.16. The van der Waals surface area contributed by atoms with Crippen LogP contribution in [0.4, 0.5) is 5.69 Å². The van der Waals surface area contributed by atoms with E-state index < -0.39 is 0 Å². The minimum Gasteiger partial charge on any atom is -0.494 e. The standard InChI is InChI=1S/C23H28N4O2/c1-15(2)16-7-9-18(10-8-16)27-14-17-12-21(22(29-3)13-20(17)26-27)25-23(28)19-6-4-5-11-24-19/h4-6,11-16,18H,7-10H2,1-3H3,(H,25,28)/t16-,18-. The van der Waals surface area contributed by atoms with Crippen LogP contribution in [0.5, 0.6) is 5.75 Å². The molecule has 1 aromatic carbocycles. The number of hydrogen-bond acceptors (Lipinski definition) is 4. The van der Waals surface area contributed by atoms with Crippen molar-refractivity contribution in [2.24, 2.45) is 11.8 Å². The van der Waals surface area contributed by atoms with Gasteiger partial charge in [-0.15, -0.1) is 0 Å². The number of carbonyl (C=O) groups excluding carboxylic acids is 1. The molecule has 0 atom stereocenters. The monoisotopic (exact) mass is 392 g/mol. The molecule has 2 heterocycles. The summed E-state index contributed by atoms with van der Waals surface area (Å²) in [6.45, 7) is 4.64. The summed E-state index contributed by atoms with van der Waals surface area (Å²) in [6, 6.07) is 9.52. The van der Waals surface area contributed by atoms with Crippen LogP contribution in [0.3, 0.4) is 0 Å². The van der Waals surface area contributed by atoms with Crippen molar-refractivity contribution < 1.29 is 9.53 Å². The molecule has 1 N–H and O–H groups in total. The molecule has 0 unspecified atom stereocenters. The summed E-state index contributed by atoms with van der Waals surface area (Å²) in [5, 5.41) is 8.71. The van der Waals surface area contributed by atoms with Crippen LogP contribution in [0.25, 0.3) is 10.9 Å². The predicted octanol–water partition coefficient (Wildman–Crippen LogP) is 5.08. The first kappa shape index (κ1) is 19.4. The Morgan fingerprint density at radius 2 is 2.00 bits per heavy atom. The number of pyridine rings is 1. The molecule has 2 aromatic heterocycles. The smallest absolute Gasteiger partial charge is 0.274 e. The number of nitrogens with zero attached hydrogens (tertiary/aromatic N) is 3. The molecule has 4 rings (SSSR count). The summed E-state index contributed by atoms with van der Waals surface area (Å²) in [4.78, 5) is 16.6. The molecule has 6 nitrogen and oxygen atoms in total. The maximum atomic E-state index is 12.5. The van der Waals surface area contributed by atoms with E-state index in [0.717, 1.165) is 35.6 Å². The van der Waals surface area contributed by atoms with Gasteiger partial charge in [0.25, 0.3) is 5.91 Å². The van der Waals surface area contributed by atoms with Crippen molar-refractivity contribution in [1.29, 1.82) is 0 Å². The number of ether oxygens (including phenoxy) is 1. The van der Waals surface area contributed by atoms with Crippen molar-refractivity contribution in [3.63, 3.8) is 0 Å². The Labute approximate surface area is 171 Å². The number of benzene rings is 1. The van der Waals surface area contributed by atoms with Gasteiger partial charge in [0.1, 0.15) is 11.4 Å². The summed E-state index contributed by atoms with van der Waals surface area (Å²) in [5.41, 5.74) is 1.87. The highest BCUT2D eigenvalue weighted by molar-refractivity contribution is 6.05. The Hall–Kier alpha value is -2.89. The van der Waals surface area contributed by atoms with Crippen molar-refractivity contribution in [2.45, 2.75) is 45.6 Å². The lowest BCUT2D eigenvalue weighted by Gasteiger charge is -2.30. The Morgan fingerprint density at radius 1 is 1.21 bits per heavy atom. The van der Waals surface area contributed by atoms with Gasteiger partial charge in [0.2, 0.25) is 0 Å². The number of amides is 1. The lowest BCUT2D eigenvalue weighted by atomic mass is 9.80. The van der Waals surface area contributed by atoms with Gasteiger partial charge >= 0.3 is 0 Å². The van der Waals surface area contributed by atoms with Crippen LogP contribution in [-0.2, 0) is 0 Å². The van der Waals surface area contributed by atoms with Gasteiger partial charge in [0.15, 0.2) is 0 Å². The number of fused-ring (bicyclic) bond motifs is 1. The number of hydrogen-bond donors (Lipinski definition) is 1. The SMILES string of the molecule is COc1cc2nn([C@H]3CC[C@H](C(C)C)CC3)cc2cc1NC(=O)c1ccccn1. The maximum absolute atomic E-state index is 12.5. The van der Waals surface area contributed by atoms with E-state index in [1.165, 1.54) is 12.8 Å². The molecule has 1 aliphatic carbocycles. The van der Waals surface area contributed by atoms with Gasteiger partial charge in [0.05, 0.1) is 24.4 Å². The van der Waals surface area contributed by atoms with Gasteiger partial charge < -0.3 is 10.1 Å². The van der Waals surface area contributed by atoms with Crippen LogP contribution < -0.4 is 10.1 Å². The quantitative estimate of drug-likeness (QED) is 0.657. The van der Waals surface area contributed by atoms with Crippen LogP contribution in [-0.4, -0.2) is 27.8 Å². The fourth-order valence-corrected chi connectivity index (χ4v) is 4.24. The number of rotatable bonds is 5. The van der Waals surface area contributed by atoms with Gasteiger partial charge in [0, 0.05) is 23.8 Å². The molecule has 0 bridgehead atoms. The second-order valence-corrected chi connectivity index (χ2v) is 8.20. The summed E-state index contributed by atoms with van der Waals surface area (Å²) >= 11 is 0. The Morgan fingerprint density at radius 3 is 2.66 bits per heavy atom. The molecule has 152 valence electrons. The first-order valence-corrected chi connectivity index (χ1v) is 10.3. The predicted molar refractivity (Wildman–Crippen MR) is 114 cm³/mol. The molecule has 1 saturated carbocycles. The zero-order valence-electron chi connectivity index (χ0n) is 17.3. The van der Waals surface area contributed by atoms with E-state index in [0.29, 0.717) is 23.2 Å². The lowest BCUT2D eigenvalue weighted by Crippen LogP contribution is -2.21. The van der Waals surface area contributed by atoms with Crippen molar-refractivity contribution in [1.82, 2.24) is 14.8 Å². The van der Waals surface area contributed by atoms with E-state index in [2.05, 4.69) is 35.0 Å². The summed E-state index contributed by atoms with van der Waals surface area (Å²) in [5.74, 6) is 1.91. The molecule has 3 aromatic rings. The summed E-state index contributed by atoms with van der Waals surface area (Å²) in [6.07, 6.45) is 8.54. The Balaban J connectivity index is 1.57. The lowest BCUT2D eigenvalue weighted by molar-refractivity contribution is 0.102. The second kappa shape index (κ2) is 8.23. The molecule has 1 amide bonds. The van der Waals surface area contributed by atoms with E-state index in [-0.39, 0.29) is 5.91 Å². The van der Waals surface area contributed by atoms with Crippen LogP contribution in [0, 0.1) is 11.8 Å². The molecule has 1 aliphatic rings. The molecule has 29 heavy (non-hydrogen) atoms. The first-order chi connectivity index (χ1) is 14.0. The van der Waals surface area contributed by atoms with Crippen LogP contribution >= 0.6 is 0 Å². The van der Waals surface area contributed by atoms with Crippen LogP contribution in [0.2, 0.25) is 0 Å². The van der Waals surface area contributed by atoms with E-state index in [1.54, 1.807) is 31.5 Å². The van der Waals surface area contributed by atoms with Gasteiger partial charge in [-0.25, -0.2) is 0 Å². The number of carbonyl (C=O) groups is 1. The third-order valence-electron chi connectivity index (χ3n) is 6.05. The minimum atomic E-state index is -0.261. The molecule has 0 saturated heterocycles. The fraction of sp³-hybridized carbons (Fsp3) is 0.435. The molecule has 0 radical (unpaired) electrons. The summed E-state index contributed by atoms with van der Waals surface area (Å²) in [7, 11) is 1.60. The molecule has 0 spiro atoms. The number of anilines is 1. The highest BCUT2D eigenvalue weighted by Gasteiger charge is 2.25. The minimum absolute atomic E-state index is 0.261. The zero-order chi connectivity index (χ0) is 20.4. The van der Waals surface area contributed by atoms with Gasteiger partial charge in [-0.1, -0.05) is 19.9 Å². The normalized spacial score (nSPS) is 19.4. The van der Waals surface area contributed by atoms with E-state index in [9.17, 15) is 4.79 Å². The van der Waals surface area contributed by atoms with Gasteiger partial charge in [-0.2, -0.15) is 5.10 Å². The second-order valence-electron chi connectivity index (χ2n) is 8.20. The average molecular weight is 393 g/mol.